The third kappa shape index (κ3) is 3.77. The number of hydrogen-bond donors (Lipinski definition) is 1. The lowest BCUT2D eigenvalue weighted by Gasteiger charge is -2.20. The molecule has 1 aromatic rings. The normalized spacial score (nSPS) is 10.5. The molecule has 0 aromatic heterocycles. The van der Waals surface area contributed by atoms with Gasteiger partial charge < -0.3 is 15.0 Å². The van der Waals surface area contributed by atoms with Gasteiger partial charge in [-0.15, -0.1) is 0 Å². The average molecular weight is 287 g/mol. The van der Waals surface area contributed by atoms with Crippen LogP contribution in [0.5, 0.6) is 0 Å². The fourth-order valence-electron chi connectivity index (χ4n) is 1.52. The molecule has 0 radical (unpaired) electrons. The number of anilines is 1. The molecule has 0 unspecified atom stereocenters. The van der Waals surface area contributed by atoms with Gasteiger partial charge in [0.2, 0.25) is 0 Å². The topological polar surface area (TPSA) is 24.5 Å². The highest BCUT2D eigenvalue weighted by atomic mass is 79.9. The van der Waals surface area contributed by atoms with Crippen LogP contribution in [-0.4, -0.2) is 34.4 Å². The zero-order valence-corrected chi connectivity index (χ0v) is 11.7. The Labute approximate surface area is 106 Å². The Bertz CT molecular complexity index is 331. The van der Waals surface area contributed by atoms with E-state index in [1.807, 2.05) is 7.05 Å². The number of rotatable bonds is 6. The molecule has 1 rings (SSSR count). The predicted octanol–water partition coefficient (Wildman–Crippen LogP) is 2.25. The lowest BCUT2D eigenvalue weighted by molar-refractivity contribution is 0.206. The molecule has 1 aromatic carbocycles. The van der Waals surface area contributed by atoms with Crippen LogP contribution in [0, 0.1) is 0 Å². The molecule has 0 fully saturated rings. The zero-order chi connectivity index (χ0) is 12.0. The zero-order valence-electron chi connectivity index (χ0n) is 10.1. The highest BCUT2D eigenvalue weighted by molar-refractivity contribution is 9.10. The molecule has 90 valence electrons. The molecule has 1 N–H and O–H groups in total. The fourth-order valence-corrected chi connectivity index (χ4v) is 2.25. The summed E-state index contributed by atoms with van der Waals surface area (Å²) >= 11 is 3.60. The summed E-state index contributed by atoms with van der Waals surface area (Å²) in [4.78, 5) is 2.18. The van der Waals surface area contributed by atoms with Crippen LogP contribution in [0.25, 0.3) is 0 Å². The molecule has 0 heterocycles. The number of nitrogens with zero attached hydrogens (tertiary/aromatic N) is 1. The molecular weight excluding hydrogens is 268 g/mol. The first-order chi connectivity index (χ1) is 7.69. The van der Waals surface area contributed by atoms with E-state index in [9.17, 15) is 0 Å². The maximum absolute atomic E-state index is 5.07. The molecule has 0 amide bonds. The van der Waals surface area contributed by atoms with Gasteiger partial charge in [0, 0.05) is 31.7 Å². The van der Waals surface area contributed by atoms with Gasteiger partial charge in [0.15, 0.2) is 0 Å². The lowest BCUT2D eigenvalue weighted by atomic mass is 10.2. The second-order valence-corrected chi connectivity index (χ2v) is 4.58. The summed E-state index contributed by atoms with van der Waals surface area (Å²) in [6, 6.07) is 6.42. The Balaban J connectivity index is 2.73. The first-order valence-corrected chi connectivity index (χ1v) is 6.11. The van der Waals surface area contributed by atoms with Crippen LogP contribution in [0.1, 0.15) is 5.56 Å². The molecule has 16 heavy (non-hydrogen) atoms. The van der Waals surface area contributed by atoms with Crippen molar-refractivity contribution in [2.24, 2.45) is 0 Å². The minimum atomic E-state index is 0.737. The summed E-state index contributed by atoms with van der Waals surface area (Å²) in [6.45, 7) is 2.52. The summed E-state index contributed by atoms with van der Waals surface area (Å²) in [5, 5.41) is 3.14. The van der Waals surface area contributed by atoms with Crippen LogP contribution in [0.4, 0.5) is 5.69 Å². The van der Waals surface area contributed by atoms with Gasteiger partial charge in [-0.1, -0.05) is 6.07 Å². The van der Waals surface area contributed by atoms with Crippen LogP contribution >= 0.6 is 15.9 Å². The van der Waals surface area contributed by atoms with Gasteiger partial charge in [-0.25, -0.2) is 0 Å². The molecule has 0 atom stereocenters. The van der Waals surface area contributed by atoms with Crippen LogP contribution in [0.2, 0.25) is 0 Å². The van der Waals surface area contributed by atoms with Crippen LogP contribution in [0.15, 0.2) is 22.7 Å². The summed E-state index contributed by atoms with van der Waals surface area (Å²) in [6.07, 6.45) is 0. The highest BCUT2D eigenvalue weighted by Gasteiger charge is 2.05. The van der Waals surface area contributed by atoms with E-state index < -0.39 is 0 Å². The van der Waals surface area contributed by atoms with Gasteiger partial charge in [-0.05, 0) is 40.7 Å². The van der Waals surface area contributed by atoms with E-state index >= 15 is 0 Å². The van der Waals surface area contributed by atoms with Crippen LogP contribution in [0.3, 0.4) is 0 Å². The summed E-state index contributed by atoms with van der Waals surface area (Å²) in [5.74, 6) is 0. The van der Waals surface area contributed by atoms with E-state index in [0.29, 0.717) is 0 Å². The summed E-state index contributed by atoms with van der Waals surface area (Å²) in [7, 11) is 5.74. The average Bonchev–Trinajstić information content (AvgIpc) is 2.26. The van der Waals surface area contributed by atoms with Gasteiger partial charge in [0.25, 0.3) is 0 Å². The predicted molar refractivity (Wildman–Crippen MR) is 72.1 cm³/mol. The Morgan fingerprint density at radius 2 is 2.19 bits per heavy atom. The maximum atomic E-state index is 5.07. The minimum absolute atomic E-state index is 0.737. The second-order valence-electron chi connectivity index (χ2n) is 3.73. The number of hydrogen-bond acceptors (Lipinski definition) is 3. The molecule has 0 aliphatic rings. The van der Waals surface area contributed by atoms with Crippen molar-refractivity contribution < 1.29 is 4.74 Å². The van der Waals surface area contributed by atoms with Crippen molar-refractivity contribution in [3.8, 4) is 0 Å². The Morgan fingerprint density at radius 1 is 1.44 bits per heavy atom. The monoisotopic (exact) mass is 286 g/mol. The van der Waals surface area contributed by atoms with Gasteiger partial charge in [-0.2, -0.15) is 0 Å². The number of nitrogens with one attached hydrogen (secondary N) is 1. The molecule has 3 nitrogen and oxygen atoms in total. The third-order valence-electron chi connectivity index (χ3n) is 2.44. The van der Waals surface area contributed by atoms with E-state index in [1.165, 1.54) is 11.3 Å². The molecular formula is C12H19BrN2O. The lowest BCUT2D eigenvalue weighted by Crippen LogP contribution is -2.22. The number of benzene rings is 1. The fraction of sp³-hybridized carbons (Fsp3) is 0.500. The SMILES string of the molecule is CNCc1ccc(N(C)CCOC)c(Br)c1. The quantitative estimate of drug-likeness (QED) is 0.868. The molecule has 0 saturated heterocycles. The largest absolute Gasteiger partial charge is 0.383 e. The van der Waals surface area contributed by atoms with Crippen molar-refractivity contribution in [2.45, 2.75) is 6.54 Å². The Hall–Kier alpha value is -0.580. The number of methoxy groups -OCH3 is 1. The number of ether oxygens (including phenoxy) is 1. The maximum Gasteiger partial charge on any atom is 0.0637 e. The van der Waals surface area contributed by atoms with Crippen molar-refractivity contribution in [2.75, 3.05) is 39.3 Å². The Kier molecular flexibility index (Phi) is 5.80. The van der Waals surface area contributed by atoms with Crippen molar-refractivity contribution in [3.05, 3.63) is 28.2 Å². The third-order valence-corrected chi connectivity index (χ3v) is 3.07. The van der Waals surface area contributed by atoms with Crippen molar-refractivity contribution >= 4 is 21.6 Å². The van der Waals surface area contributed by atoms with Crippen molar-refractivity contribution in [1.29, 1.82) is 0 Å². The van der Waals surface area contributed by atoms with E-state index in [1.54, 1.807) is 7.11 Å². The van der Waals surface area contributed by atoms with Crippen molar-refractivity contribution in [3.63, 3.8) is 0 Å². The highest BCUT2D eigenvalue weighted by Crippen LogP contribution is 2.26. The number of likely N-dealkylation sites (N-methyl/N-ethyl adjacent to an activating group) is 1. The molecule has 4 heteroatoms. The molecule has 0 bridgehead atoms. The van der Waals surface area contributed by atoms with E-state index in [-0.39, 0.29) is 0 Å². The van der Waals surface area contributed by atoms with Gasteiger partial charge in [0.05, 0.1) is 12.3 Å². The molecule has 0 spiro atoms. The minimum Gasteiger partial charge on any atom is -0.383 e. The van der Waals surface area contributed by atoms with Crippen LogP contribution in [-0.2, 0) is 11.3 Å². The van der Waals surface area contributed by atoms with Crippen LogP contribution < -0.4 is 10.2 Å². The molecule has 0 saturated carbocycles. The van der Waals surface area contributed by atoms with Gasteiger partial charge in [-0.3, -0.25) is 0 Å². The first kappa shape index (κ1) is 13.5. The number of halogens is 1. The van der Waals surface area contributed by atoms with E-state index in [0.717, 1.165) is 24.2 Å². The van der Waals surface area contributed by atoms with Crippen molar-refractivity contribution in [1.82, 2.24) is 5.32 Å². The summed E-state index contributed by atoms with van der Waals surface area (Å²) < 4.78 is 6.19. The Morgan fingerprint density at radius 3 is 2.75 bits per heavy atom. The standard InChI is InChI=1S/C12H19BrN2O/c1-14-9-10-4-5-12(11(13)8-10)15(2)6-7-16-3/h4-5,8,14H,6-7,9H2,1-3H3. The van der Waals surface area contributed by atoms with E-state index in [2.05, 4.69) is 51.4 Å². The first-order valence-electron chi connectivity index (χ1n) is 5.32. The van der Waals surface area contributed by atoms with E-state index in [4.69, 9.17) is 4.74 Å². The smallest absolute Gasteiger partial charge is 0.0637 e. The molecule has 0 aliphatic heterocycles. The summed E-state index contributed by atoms with van der Waals surface area (Å²) in [5.41, 5.74) is 2.47. The van der Waals surface area contributed by atoms with Gasteiger partial charge in [0.1, 0.15) is 0 Å². The van der Waals surface area contributed by atoms with Gasteiger partial charge >= 0.3 is 0 Å². The second kappa shape index (κ2) is 6.89. The molecule has 0 aliphatic carbocycles.